The van der Waals surface area contributed by atoms with Crippen LogP contribution >= 0.6 is 11.8 Å². The SMILES string of the molecule is CC(C)n1nccc1NC(=O)CSc1nnnn1C1CCCC1. The molecule has 1 saturated carbocycles. The minimum Gasteiger partial charge on any atom is -0.310 e. The molecule has 0 aromatic carbocycles. The molecule has 1 N–H and O–H groups in total. The molecule has 9 heteroatoms. The van der Waals surface area contributed by atoms with Gasteiger partial charge in [0.05, 0.1) is 18.0 Å². The van der Waals surface area contributed by atoms with E-state index in [0.29, 0.717) is 17.0 Å². The summed E-state index contributed by atoms with van der Waals surface area (Å²) in [6.07, 6.45) is 6.34. The van der Waals surface area contributed by atoms with Crippen LogP contribution in [0.2, 0.25) is 0 Å². The Labute approximate surface area is 139 Å². The van der Waals surface area contributed by atoms with E-state index in [1.54, 1.807) is 16.9 Å². The van der Waals surface area contributed by atoms with Gasteiger partial charge in [0.2, 0.25) is 11.1 Å². The zero-order valence-electron chi connectivity index (χ0n) is 13.3. The Bertz CT molecular complexity index is 660. The Hall–Kier alpha value is -1.90. The fourth-order valence-corrected chi connectivity index (χ4v) is 3.54. The second-order valence-electron chi connectivity index (χ2n) is 5.94. The largest absolute Gasteiger partial charge is 0.310 e. The summed E-state index contributed by atoms with van der Waals surface area (Å²) in [4.78, 5) is 12.2. The molecule has 23 heavy (non-hydrogen) atoms. The van der Waals surface area contributed by atoms with Gasteiger partial charge in [0, 0.05) is 12.1 Å². The summed E-state index contributed by atoms with van der Waals surface area (Å²) in [5.41, 5.74) is 0. The van der Waals surface area contributed by atoms with Gasteiger partial charge in [0.15, 0.2) is 0 Å². The third kappa shape index (κ3) is 3.72. The maximum Gasteiger partial charge on any atom is 0.235 e. The number of anilines is 1. The minimum atomic E-state index is -0.0848. The normalized spacial score (nSPS) is 15.4. The Kier molecular flexibility index (Phi) is 4.94. The quantitative estimate of drug-likeness (QED) is 0.815. The molecule has 0 atom stereocenters. The molecule has 8 nitrogen and oxygen atoms in total. The smallest absolute Gasteiger partial charge is 0.235 e. The molecule has 124 valence electrons. The summed E-state index contributed by atoms with van der Waals surface area (Å²) in [7, 11) is 0. The first-order chi connectivity index (χ1) is 11.1. The van der Waals surface area contributed by atoms with E-state index in [2.05, 4.69) is 25.9 Å². The highest BCUT2D eigenvalue weighted by Crippen LogP contribution is 2.31. The highest BCUT2D eigenvalue weighted by molar-refractivity contribution is 7.99. The van der Waals surface area contributed by atoms with Crippen LogP contribution in [0.4, 0.5) is 5.82 Å². The molecule has 2 aromatic heterocycles. The molecule has 1 amide bonds. The zero-order valence-corrected chi connectivity index (χ0v) is 14.2. The van der Waals surface area contributed by atoms with Crippen LogP contribution in [0.25, 0.3) is 0 Å². The van der Waals surface area contributed by atoms with Gasteiger partial charge in [-0.3, -0.25) is 4.79 Å². The molecule has 0 saturated heterocycles. The summed E-state index contributed by atoms with van der Waals surface area (Å²) in [5, 5.41) is 19.7. The lowest BCUT2D eigenvalue weighted by molar-refractivity contribution is -0.113. The number of hydrogen-bond acceptors (Lipinski definition) is 6. The van der Waals surface area contributed by atoms with Gasteiger partial charge < -0.3 is 5.32 Å². The number of carbonyl (C=O) groups is 1. The van der Waals surface area contributed by atoms with Crippen molar-refractivity contribution >= 4 is 23.5 Å². The second kappa shape index (κ2) is 7.12. The number of aromatic nitrogens is 6. The Balaban J connectivity index is 1.57. The molecule has 3 rings (SSSR count). The van der Waals surface area contributed by atoms with Crippen molar-refractivity contribution in [2.75, 3.05) is 11.1 Å². The van der Waals surface area contributed by atoms with Gasteiger partial charge >= 0.3 is 0 Å². The maximum absolute atomic E-state index is 12.2. The highest BCUT2D eigenvalue weighted by atomic mass is 32.2. The van der Waals surface area contributed by atoms with Gasteiger partial charge in [0.25, 0.3) is 0 Å². The number of carbonyl (C=O) groups excluding carboxylic acids is 1. The lowest BCUT2D eigenvalue weighted by atomic mass is 10.3. The van der Waals surface area contributed by atoms with Crippen molar-refractivity contribution in [1.82, 2.24) is 30.0 Å². The summed E-state index contributed by atoms with van der Waals surface area (Å²) < 4.78 is 3.65. The Morgan fingerprint density at radius 3 is 2.96 bits per heavy atom. The Morgan fingerprint density at radius 1 is 1.43 bits per heavy atom. The molecular formula is C14H21N7OS. The zero-order chi connectivity index (χ0) is 16.2. The molecular weight excluding hydrogens is 314 g/mol. The van der Waals surface area contributed by atoms with Crippen LogP contribution in [0.5, 0.6) is 0 Å². The number of nitrogens with zero attached hydrogens (tertiary/aromatic N) is 6. The molecule has 1 aliphatic rings. The molecule has 0 unspecified atom stereocenters. The third-order valence-corrected chi connectivity index (χ3v) is 4.83. The lowest BCUT2D eigenvalue weighted by Crippen LogP contribution is -2.19. The van der Waals surface area contributed by atoms with Gasteiger partial charge in [-0.15, -0.1) is 5.10 Å². The molecule has 0 aliphatic heterocycles. The number of nitrogens with one attached hydrogen (secondary N) is 1. The molecule has 2 aromatic rings. The number of tetrazole rings is 1. The van der Waals surface area contributed by atoms with Crippen molar-refractivity contribution in [3.05, 3.63) is 12.3 Å². The standard InChI is InChI=1S/C14H21N7OS/c1-10(2)20-12(7-8-15-20)16-13(22)9-23-14-17-18-19-21(14)11-5-3-4-6-11/h7-8,10-11H,3-6,9H2,1-2H3,(H,16,22). The monoisotopic (exact) mass is 335 g/mol. The summed E-state index contributed by atoms with van der Waals surface area (Å²) in [6, 6.07) is 2.37. The summed E-state index contributed by atoms with van der Waals surface area (Å²) >= 11 is 1.37. The Morgan fingerprint density at radius 2 is 2.22 bits per heavy atom. The first-order valence-corrected chi connectivity index (χ1v) is 8.87. The average Bonchev–Trinajstić information content (AvgIpc) is 3.25. The molecule has 0 radical (unpaired) electrons. The third-order valence-electron chi connectivity index (χ3n) is 3.89. The molecule has 2 heterocycles. The number of thioether (sulfide) groups is 1. The van der Waals surface area contributed by atoms with Crippen LogP contribution in [0.15, 0.2) is 17.4 Å². The van der Waals surface area contributed by atoms with Gasteiger partial charge in [-0.1, -0.05) is 24.6 Å². The van der Waals surface area contributed by atoms with E-state index in [0.717, 1.165) is 12.8 Å². The van der Waals surface area contributed by atoms with Crippen molar-refractivity contribution in [3.63, 3.8) is 0 Å². The van der Waals surface area contributed by atoms with Crippen LogP contribution in [0.3, 0.4) is 0 Å². The van der Waals surface area contributed by atoms with Crippen LogP contribution < -0.4 is 5.32 Å². The number of rotatable bonds is 6. The van der Waals surface area contributed by atoms with Crippen molar-refractivity contribution in [3.8, 4) is 0 Å². The van der Waals surface area contributed by atoms with Crippen molar-refractivity contribution < 1.29 is 4.79 Å². The molecule has 0 bridgehead atoms. The van der Waals surface area contributed by atoms with E-state index in [-0.39, 0.29) is 17.7 Å². The molecule has 1 fully saturated rings. The molecule has 1 aliphatic carbocycles. The first kappa shape index (κ1) is 16.0. The fourth-order valence-electron chi connectivity index (χ4n) is 2.79. The van der Waals surface area contributed by atoms with E-state index in [1.807, 2.05) is 18.5 Å². The van der Waals surface area contributed by atoms with Gasteiger partial charge in [-0.05, 0) is 37.1 Å². The van der Waals surface area contributed by atoms with Gasteiger partial charge in [-0.2, -0.15) is 5.10 Å². The summed E-state index contributed by atoms with van der Waals surface area (Å²) in [5.74, 6) is 0.899. The second-order valence-corrected chi connectivity index (χ2v) is 6.88. The minimum absolute atomic E-state index is 0.0848. The lowest BCUT2D eigenvalue weighted by Gasteiger charge is -2.12. The maximum atomic E-state index is 12.2. The predicted molar refractivity (Wildman–Crippen MR) is 87.3 cm³/mol. The first-order valence-electron chi connectivity index (χ1n) is 7.89. The average molecular weight is 335 g/mol. The van der Waals surface area contributed by atoms with E-state index in [9.17, 15) is 4.79 Å². The number of amides is 1. The topological polar surface area (TPSA) is 90.5 Å². The fraction of sp³-hybridized carbons (Fsp3) is 0.643. The highest BCUT2D eigenvalue weighted by Gasteiger charge is 2.22. The molecule has 0 spiro atoms. The van der Waals surface area contributed by atoms with E-state index in [4.69, 9.17) is 0 Å². The van der Waals surface area contributed by atoms with E-state index < -0.39 is 0 Å². The van der Waals surface area contributed by atoms with Crippen molar-refractivity contribution in [2.45, 2.75) is 56.8 Å². The number of hydrogen-bond donors (Lipinski definition) is 1. The van der Waals surface area contributed by atoms with Crippen LogP contribution in [-0.2, 0) is 4.79 Å². The van der Waals surface area contributed by atoms with Crippen LogP contribution in [-0.4, -0.2) is 41.6 Å². The van der Waals surface area contributed by atoms with Crippen LogP contribution in [0.1, 0.15) is 51.6 Å². The van der Waals surface area contributed by atoms with Crippen LogP contribution in [0, 0.1) is 0 Å². The van der Waals surface area contributed by atoms with Crippen molar-refractivity contribution in [1.29, 1.82) is 0 Å². The summed E-state index contributed by atoms with van der Waals surface area (Å²) in [6.45, 7) is 4.04. The van der Waals surface area contributed by atoms with E-state index in [1.165, 1.54) is 24.6 Å². The van der Waals surface area contributed by atoms with Gasteiger partial charge in [0.1, 0.15) is 5.82 Å². The van der Waals surface area contributed by atoms with Gasteiger partial charge in [-0.25, -0.2) is 9.36 Å². The van der Waals surface area contributed by atoms with Crippen molar-refractivity contribution in [2.24, 2.45) is 0 Å². The van der Waals surface area contributed by atoms with E-state index >= 15 is 0 Å². The predicted octanol–water partition coefficient (Wildman–Crippen LogP) is 2.30.